The molecule has 1 saturated carbocycles. The van der Waals surface area contributed by atoms with Gasteiger partial charge in [0.05, 0.1) is 35.2 Å². The van der Waals surface area contributed by atoms with E-state index in [4.69, 9.17) is 9.72 Å². The number of benzene rings is 2. The Kier molecular flexibility index (Phi) is 8.58. The molecule has 11 heteroatoms. The minimum Gasteiger partial charge on any atom is -0.494 e. The number of rotatable bonds is 9. The van der Waals surface area contributed by atoms with Gasteiger partial charge in [0.15, 0.2) is 0 Å². The number of piperidine rings is 2. The molecule has 1 spiro atoms. The smallest absolute Gasteiger partial charge is 0.247 e. The third-order valence-electron chi connectivity index (χ3n) is 10.5. The minimum atomic E-state index is -2.73. The predicted octanol–water partition coefficient (Wildman–Crippen LogP) is 6.87. The molecule has 4 heterocycles. The third-order valence-corrected chi connectivity index (χ3v) is 12.0. The molecule has 0 bridgehead atoms. The van der Waals surface area contributed by atoms with Gasteiger partial charge in [-0.2, -0.15) is 0 Å². The maximum atomic E-state index is 13.6. The molecule has 10 nitrogen and oxygen atoms in total. The molecule has 4 aromatic rings. The number of anilines is 4. The standard InChI is InChI=1S/C37H46N7O3P/c1-6-34(45)39-28-21-29(32(47-3)22-31(28)43-19-15-37(16-20-43)13-17-42(2)18-14-37)40-36-38-23-33(48(4,5)46)35(41-36)27-24-44(25-11-12-25)30-10-8-7-9-26(27)30/h6-10,21-25H,1,11-20H2,2-5H3,(H,39,45)(H,38,40,41). The topological polar surface area (TPSA) is 105 Å². The van der Waals surface area contributed by atoms with Crippen molar-refractivity contribution in [2.24, 2.45) is 5.41 Å². The number of aromatic nitrogens is 3. The number of likely N-dealkylation sites (tertiary alicyclic amines) is 1. The highest BCUT2D eigenvalue weighted by atomic mass is 31.2. The zero-order chi connectivity index (χ0) is 33.6. The van der Waals surface area contributed by atoms with Crippen LogP contribution in [0, 0.1) is 5.41 Å². The van der Waals surface area contributed by atoms with Crippen molar-refractivity contribution in [2.75, 3.05) is 69.2 Å². The Morgan fingerprint density at radius 3 is 2.44 bits per heavy atom. The molecular weight excluding hydrogens is 621 g/mol. The molecule has 252 valence electrons. The van der Waals surface area contributed by atoms with Crippen LogP contribution >= 0.6 is 7.14 Å². The fourth-order valence-corrected chi connectivity index (χ4v) is 8.41. The second-order valence-electron chi connectivity index (χ2n) is 14.2. The van der Waals surface area contributed by atoms with Crippen LogP contribution in [0.15, 0.2) is 61.4 Å². The van der Waals surface area contributed by atoms with Crippen LogP contribution in [0.5, 0.6) is 5.75 Å². The van der Waals surface area contributed by atoms with Crippen LogP contribution in [-0.4, -0.2) is 79.0 Å². The number of ether oxygens (including phenoxy) is 1. The lowest BCUT2D eigenvalue weighted by atomic mass is 9.71. The van der Waals surface area contributed by atoms with Crippen molar-refractivity contribution in [3.63, 3.8) is 0 Å². The van der Waals surface area contributed by atoms with Gasteiger partial charge < -0.3 is 34.3 Å². The van der Waals surface area contributed by atoms with Crippen LogP contribution in [0.1, 0.15) is 44.6 Å². The fourth-order valence-electron chi connectivity index (χ4n) is 7.39. The Bertz CT molecular complexity index is 1910. The molecule has 3 fully saturated rings. The number of hydrogen-bond acceptors (Lipinski definition) is 8. The molecule has 1 amide bonds. The number of nitrogens with one attached hydrogen (secondary N) is 2. The molecule has 2 saturated heterocycles. The average Bonchev–Trinajstić information content (AvgIpc) is 3.86. The lowest BCUT2D eigenvalue weighted by Crippen LogP contribution is -2.46. The maximum Gasteiger partial charge on any atom is 0.247 e. The van der Waals surface area contributed by atoms with E-state index in [1.807, 2.05) is 18.2 Å². The highest BCUT2D eigenvalue weighted by Crippen LogP contribution is 2.46. The monoisotopic (exact) mass is 667 g/mol. The summed E-state index contributed by atoms with van der Waals surface area (Å²) in [5.41, 5.74) is 5.33. The van der Waals surface area contributed by atoms with Gasteiger partial charge in [-0.25, -0.2) is 9.97 Å². The summed E-state index contributed by atoms with van der Waals surface area (Å²) in [6.45, 7) is 11.3. The molecule has 1 aliphatic carbocycles. The number of nitrogens with zero attached hydrogens (tertiary/aromatic N) is 5. The molecule has 0 unspecified atom stereocenters. The van der Waals surface area contributed by atoms with E-state index >= 15 is 0 Å². The Morgan fingerprint density at radius 1 is 1.06 bits per heavy atom. The van der Waals surface area contributed by atoms with Gasteiger partial charge in [-0.15, -0.1) is 0 Å². The second kappa shape index (κ2) is 12.7. The first-order chi connectivity index (χ1) is 23.1. The lowest BCUT2D eigenvalue weighted by molar-refractivity contribution is -0.111. The molecule has 2 N–H and O–H groups in total. The van der Waals surface area contributed by atoms with E-state index in [0.29, 0.717) is 45.5 Å². The van der Waals surface area contributed by atoms with Gasteiger partial charge in [0.2, 0.25) is 11.9 Å². The summed E-state index contributed by atoms with van der Waals surface area (Å²) in [5.74, 6) is 0.671. The number of amides is 1. The molecule has 7 rings (SSSR count). The summed E-state index contributed by atoms with van der Waals surface area (Å²) < 4.78 is 21.8. The summed E-state index contributed by atoms with van der Waals surface area (Å²) >= 11 is 0. The second-order valence-corrected chi connectivity index (χ2v) is 17.3. The lowest BCUT2D eigenvalue weighted by Gasteiger charge is -2.47. The van der Waals surface area contributed by atoms with Crippen molar-refractivity contribution in [2.45, 2.75) is 44.6 Å². The molecule has 3 aliphatic rings. The average molecular weight is 668 g/mol. The Balaban J connectivity index is 1.24. The van der Waals surface area contributed by atoms with Gasteiger partial charge in [0.1, 0.15) is 12.9 Å². The van der Waals surface area contributed by atoms with Crippen LogP contribution in [0.25, 0.3) is 22.2 Å². The van der Waals surface area contributed by atoms with Crippen LogP contribution < -0.4 is 25.6 Å². The van der Waals surface area contributed by atoms with Gasteiger partial charge in [-0.1, -0.05) is 24.8 Å². The highest BCUT2D eigenvalue weighted by molar-refractivity contribution is 7.70. The first kappa shape index (κ1) is 32.4. The normalized spacial score (nSPS) is 18.2. The quantitative estimate of drug-likeness (QED) is 0.147. The van der Waals surface area contributed by atoms with E-state index in [-0.39, 0.29) is 5.91 Å². The Morgan fingerprint density at radius 2 is 1.77 bits per heavy atom. The minimum absolute atomic E-state index is 0.284. The van der Waals surface area contributed by atoms with E-state index in [1.165, 1.54) is 18.9 Å². The summed E-state index contributed by atoms with van der Waals surface area (Å²) in [7, 11) is 1.12. The fraction of sp³-hybridized carbons (Fsp3) is 0.432. The third kappa shape index (κ3) is 6.36. The van der Waals surface area contributed by atoms with Crippen molar-refractivity contribution < 1.29 is 14.1 Å². The van der Waals surface area contributed by atoms with Crippen LogP contribution in [-0.2, 0) is 9.36 Å². The summed E-state index contributed by atoms with van der Waals surface area (Å²) in [4.78, 5) is 27.1. The van der Waals surface area contributed by atoms with Gasteiger partial charge in [0.25, 0.3) is 0 Å². The molecule has 2 aromatic heterocycles. The Labute approximate surface area is 282 Å². The number of hydrogen-bond donors (Lipinski definition) is 2. The van der Waals surface area contributed by atoms with Crippen molar-refractivity contribution in [3.8, 4) is 17.0 Å². The highest BCUT2D eigenvalue weighted by Gasteiger charge is 2.37. The molecule has 48 heavy (non-hydrogen) atoms. The number of fused-ring (bicyclic) bond motifs is 1. The van der Waals surface area contributed by atoms with Crippen LogP contribution in [0.2, 0.25) is 0 Å². The van der Waals surface area contributed by atoms with Gasteiger partial charge in [-0.05, 0) is 95.6 Å². The van der Waals surface area contributed by atoms with E-state index in [9.17, 15) is 9.36 Å². The number of carbonyl (C=O) groups excluding carboxylic acids is 1. The van der Waals surface area contributed by atoms with Gasteiger partial charge in [-0.3, -0.25) is 4.79 Å². The first-order valence-electron chi connectivity index (χ1n) is 17.0. The molecule has 0 atom stereocenters. The predicted molar refractivity (Wildman–Crippen MR) is 196 cm³/mol. The summed E-state index contributed by atoms with van der Waals surface area (Å²) in [5, 5.41) is 8.12. The first-order valence-corrected chi connectivity index (χ1v) is 19.6. The number of para-hydroxylation sites is 1. The van der Waals surface area contributed by atoms with Crippen molar-refractivity contribution in [3.05, 3.63) is 61.4 Å². The number of methoxy groups -OCH3 is 1. The van der Waals surface area contributed by atoms with Crippen molar-refractivity contribution >= 4 is 52.3 Å². The summed E-state index contributed by atoms with van der Waals surface area (Å²) in [6.07, 6.45) is 12.1. The van der Waals surface area contributed by atoms with Gasteiger partial charge in [0, 0.05) is 54.1 Å². The van der Waals surface area contributed by atoms with E-state index in [1.54, 1.807) is 26.6 Å². The van der Waals surface area contributed by atoms with E-state index in [0.717, 1.165) is 74.0 Å². The van der Waals surface area contributed by atoms with Crippen molar-refractivity contribution in [1.29, 1.82) is 0 Å². The van der Waals surface area contributed by atoms with E-state index < -0.39 is 7.14 Å². The SMILES string of the molecule is C=CC(=O)Nc1cc(Nc2ncc(P(C)(C)=O)c(-c3cn(C4CC4)c4ccccc34)n2)c(OC)cc1N1CCC2(CCN(C)CC2)CC1. The van der Waals surface area contributed by atoms with Crippen LogP contribution in [0.3, 0.4) is 0 Å². The largest absolute Gasteiger partial charge is 0.494 e. The number of carbonyl (C=O) groups is 1. The van der Waals surface area contributed by atoms with Crippen LogP contribution in [0.4, 0.5) is 23.0 Å². The van der Waals surface area contributed by atoms with Crippen molar-refractivity contribution in [1.82, 2.24) is 19.4 Å². The summed E-state index contributed by atoms with van der Waals surface area (Å²) in [6, 6.07) is 12.7. The van der Waals surface area contributed by atoms with E-state index in [2.05, 4.69) is 68.0 Å². The van der Waals surface area contributed by atoms with Gasteiger partial charge >= 0.3 is 0 Å². The molecular formula is C37H46N7O3P. The zero-order valence-corrected chi connectivity index (χ0v) is 29.4. The molecule has 0 radical (unpaired) electrons. The zero-order valence-electron chi connectivity index (χ0n) is 28.5. The Hall–Kier alpha value is -4.14. The maximum absolute atomic E-state index is 13.6. The molecule has 2 aliphatic heterocycles. The molecule has 2 aromatic carbocycles.